The van der Waals surface area contributed by atoms with Gasteiger partial charge in [0.05, 0.1) is 6.66 Å². The third kappa shape index (κ3) is 2.94. The van der Waals surface area contributed by atoms with E-state index in [0.717, 1.165) is 0 Å². The summed E-state index contributed by atoms with van der Waals surface area (Å²) < 4.78 is 1.85. The second-order valence-electron chi connectivity index (χ2n) is 1.94. The first-order valence-electron chi connectivity index (χ1n) is 2.06. The molecule has 7 heavy (non-hydrogen) atoms. The van der Waals surface area contributed by atoms with Crippen LogP contribution in [0.15, 0.2) is 0 Å². The van der Waals surface area contributed by atoms with Gasteiger partial charge in [-0.15, -0.1) is 0 Å². The van der Waals surface area contributed by atoms with Crippen LogP contribution in [0, 0.1) is 0 Å². The van der Waals surface area contributed by atoms with Crippen molar-refractivity contribution in [1.82, 2.24) is 4.67 Å². The maximum Gasteiger partial charge on any atom is 0.213 e. The van der Waals surface area contributed by atoms with Crippen molar-refractivity contribution in [3.8, 4) is 0 Å². The van der Waals surface area contributed by atoms with Crippen molar-refractivity contribution in [3.63, 3.8) is 0 Å². The second-order valence-corrected chi connectivity index (χ2v) is 4.94. The van der Waals surface area contributed by atoms with Gasteiger partial charge in [-0.1, -0.05) is 0 Å². The van der Waals surface area contributed by atoms with Gasteiger partial charge in [-0.3, -0.25) is 0 Å². The van der Waals surface area contributed by atoms with Gasteiger partial charge in [0.1, 0.15) is 0 Å². The van der Waals surface area contributed by atoms with Crippen LogP contribution >= 0.6 is 7.71 Å². The Kier molecular flexibility index (Phi) is 2.14. The Balaban J connectivity index is 3.54. The molecular weight excluding hydrogens is 109 g/mol. The fraction of sp³-hybridized carbons (Fsp3) is 1.00. The Morgan fingerprint density at radius 1 is 1.29 bits per heavy atom. The number of nitrogens with zero attached hydrogens (tertiary/aromatic N) is 1. The maximum absolute atomic E-state index is 5.49. The summed E-state index contributed by atoms with van der Waals surface area (Å²) in [6.07, 6.45) is 0. The molecule has 0 amide bonds. The van der Waals surface area contributed by atoms with Crippen LogP contribution in [0.5, 0.6) is 0 Å². The smallest absolute Gasteiger partial charge is 0.174 e. The van der Waals surface area contributed by atoms with E-state index in [1.165, 1.54) is 0 Å². The van der Waals surface area contributed by atoms with Crippen molar-refractivity contribution in [2.24, 2.45) is 11.0 Å². The molecule has 0 aromatic heterocycles. The largest absolute Gasteiger partial charge is 0.213 e. The zero-order chi connectivity index (χ0) is 6.08. The number of nitrogens with two attached hydrogens (primary N) is 2. The molecule has 0 aliphatic heterocycles. The van der Waals surface area contributed by atoms with E-state index < -0.39 is 7.71 Å². The minimum absolute atomic E-state index is 1.65. The van der Waals surface area contributed by atoms with Crippen LogP contribution in [0.25, 0.3) is 0 Å². The lowest BCUT2D eigenvalue weighted by Gasteiger charge is -2.16. The van der Waals surface area contributed by atoms with Gasteiger partial charge in [-0.05, 0) is 0 Å². The van der Waals surface area contributed by atoms with Crippen molar-refractivity contribution < 1.29 is 0 Å². The van der Waals surface area contributed by atoms with Gasteiger partial charge in [0.25, 0.3) is 0 Å². The Hall–Kier alpha value is 0.310. The molecule has 0 unspecified atom stereocenters. The van der Waals surface area contributed by atoms with Crippen molar-refractivity contribution in [2.75, 3.05) is 20.8 Å². The molecule has 0 spiro atoms. The van der Waals surface area contributed by atoms with E-state index in [0.29, 0.717) is 0 Å². The molecule has 0 heterocycles. The van der Waals surface area contributed by atoms with Gasteiger partial charge in [0, 0.05) is 14.1 Å². The minimum atomic E-state index is -1.65. The molecule has 0 aromatic rings. The molecule has 44 valence electrons. The summed E-state index contributed by atoms with van der Waals surface area (Å²) in [5.74, 6) is 0. The van der Waals surface area contributed by atoms with E-state index in [1.54, 1.807) is 0 Å². The van der Waals surface area contributed by atoms with E-state index in [4.69, 9.17) is 11.0 Å². The first kappa shape index (κ1) is 7.31. The van der Waals surface area contributed by atoms with Gasteiger partial charge in [0.15, 0.2) is 0 Å². The Bertz CT molecular complexity index is 55.7. The lowest BCUT2D eigenvalue weighted by atomic mass is 11.3. The summed E-state index contributed by atoms with van der Waals surface area (Å²) >= 11 is 0. The zero-order valence-electron chi connectivity index (χ0n) is 5.05. The number of rotatable bonds is 1. The van der Waals surface area contributed by atoms with Crippen LogP contribution in [-0.4, -0.2) is 25.4 Å². The van der Waals surface area contributed by atoms with E-state index >= 15 is 0 Å². The predicted molar refractivity (Wildman–Crippen MR) is 34.9 cm³/mol. The zero-order valence-corrected chi connectivity index (χ0v) is 5.94. The quantitative estimate of drug-likeness (QED) is 0.476. The summed E-state index contributed by atoms with van der Waals surface area (Å²) in [6.45, 7) is 1.85. The average Bonchev–Trinajstić information content (AvgIpc) is 1.31. The fourth-order valence-electron chi connectivity index (χ4n) is 0. The normalized spacial score (nSPS) is 12.9. The van der Waals surface area contributed by atoms with E-state index in [-0.39, 0.29) is 0 Å². The molecule has 0 saturated heterocycles. The van der Waals surface area contributed by atoms with Gasteiger partial charge in [-0.2, -0.15) is 15.7 Å². The molecule has 0 bridgehead atoms. The van der Waals surface area contributed by atoms with Crippen molar-refractivity contribution >= 4 is 7.71 Å². The molecular formula is C3H13N3P+. The highest BCUT2D eigenvalue weighted by Crippen LogP contribution is 2.37. The summed E-state index contributed by atoms with van der Waals surface area (Å²) in [5, 5.41) is 0. The standard InChI is InChI=1S/C3H13N3P/c1-6(2)7(3,4)5/h4-5H2,1-3H3/q+1. The molecule has 0 aliphatic rings. The van der Waals surface area contributed by atoms with Crippen LogP contribution in [0.2, 0.25) is 0 Å². The first-order chi connectivity index (χ1) is 2.94. The molecule has 4 N–H and O–H groups in total. The molecule has 0 aromatic carbocycles. The van der Waals surface area contributed by atoms with Crippen molar-refractivity contribution in [2.45, 2.75) is 0 Å². The third-order valence-corrected chi connectivity index (χ3v) is 2.59. The van der Waals surface area contributed by atoms with E-state index in [9.17, 15) is 0 Å². The van der Waals surface area contributed by atoms with Gasteiger partial charge < -0.3 is 0 Å². The van der Waals surface area contributed by atoms with Gasteiger partial charge >= 0.3 is 0 Å². The third-order valence-electron chi connectivity index (χ3n) is 0.862. The second kappa shape index (κ2) is 2.05. The van der Waals surface area contributed by atoms with Crippen LogP contribution in [0.3, 0.4) is 0 Å². The molecule has 0 aliphatic carbocycles. The summed E-state index contributed by atoms with van der Waals surface area (Å²) in [4.78, 5) is 0. The Morgan fingerprint density at radius 3 is 1.43 bits per heavy atom. The molecule has 0 radical (unpaired) electrons. The molecule has 3 nitrogen and oxygen atoms in total. The van der Waals surface area contributed by atoms with Gasteiger partial charge in [-0.25, -0.2) is 0 Å². The summed E-state index contributed by atoms with van der Waals surface area (Å²) in [6, 6.07) is 0. The SMILES string of the molecule is CN(C)[P+](C)(N)N. The lowest BCUT2D eigenvalue weighted by molar-refractivity contribution is 0.662. The highest BCUT2D eigenvalue weighted by molar-refractivity contribution is 7.68. The van der Waals surface area contributed by atoms with Crippen LogP contribution in [-0.2, 0) is 0 Å². The Morgan fingerprint density at radius 2 is 1.43 bits per heavy atom. The Labute approximate surface area is 45.2 Å². The molecule has 0 atom stereocenters. The number of hydrogen-bond acceptors (Lipinski definition) is 3. The van der Waals surface area contributed by atoms with Crippen molar-refractivity contribution in [1.29, 1.82) is 0 Å². The number of hydrogen-bond donors (Lipinski definition) is 2. The lowest BCUT2D eigenvalue weighted by Crippen LogP contribution is -2.26. The highest BCUT2D eigenvalue weighted by atomic mass is 31.2. The van der Waals surface area contributed by atoms with E-state index in [1.807, 2.05) is 25.4 Å². The summed E-state index contributed by atoms with van der Waals surface area (Å²) in [7, 11) is 2.11. The predicted octanol–water partition coefficient (Wildman–Crippen LogP) is -0.142. The van der Waals surface area contributed by atoms with Crippen LogP contribution < -0.4 is 11.0 Å². The van der Waals surface area contributed by atoms with Crippen LogP contribution in [0.4, 0.5) is 0 Å². The highest BCUT2D eigenvalue weighted by Gasteiger charge is 2.21. The van der Waals surface area contributed by atoms with Crippen LogP contribution in [0.1, 0.15) is 0 Å². The molecule has 4 heteroatoms. The monoisotopic (exact) mass is 122 g/mol. The van der Waals surface area contributed by atoms with Gasteiger partial charge in [0.2, 0.25) is 7.71 Å². The maximum atomic E-state index is 5.49. The molecule has 0 fully saturated rings. The topological polar surface area (TPSA) is 55.3 Å². The average molecular weight is 122 g/mol. The van der Waals surface area contributed by atoms with Crippen molar-refractivity contribution in [3.05, 3.63) is 0 Å². The minimum Gasteiger partial charge on any atom is -0.174 e. The summed E-state index contributed by atoms with van der Waals surface area (Å²) in [5.41, 5.74) is 11.0. The molecule has 0 rings (SSSR count). The fourth-order valence-corrected chi connectivity index (χ4v) is 0. The first-order valence-corrected chi connectivity index (χ1v) is 4.39. The molecule has 0 saturated carbocycles. The van der Waals surface area contributed by atoms with E-state index in [2.05, 4.69) is 0 Å².